The van der Waals surface area contributed by atoms with Gasteiger partial charge < -0.3 is 4.74 Å². The van der Waals surface area contributed by atoms with Crippen molar-refractivity contribution >= 4 is 30.6 Å². The van der Waals surface area contributed by atoms with E-state index in [1.807, 2.05) is 24.3 Å². The molecule has 6 nitrogen and oxygen atoms in total. The van der Waals surface area contributed by atoms with Crippen LogP contribution in [0.1, 0.15) is 19.3 Å². The van der Waals surface area contributed by atoms with Crippen molar-refractivity contribution in [2.24, 2.45) is 0 Å². The number of ether oxygens (including phenoxy) is 1. The zero-order chi connectivity index (χ0) is 19.1. The average molecular weight is 410 g/mol. The van der Waals surface area contributed by atoms with Gasteiger partial charge in [0.15, 0.2) is 9.84 Å². The first-order valence-corrected chi connectivity index (χ1v) is 12.4. The Bertz CT molecular complexity index is 1040. The number of fused-ring (bicyclic) bond motifs is 1. The summed E-state index contributed by atoms with van der Waals surface area (Å²) in [5.74, 6) is -0.0839. The van der Waals surface area contributed by atoms with Gasteiger partial charge in [0.2, 0.25) is 10.0 Å². The molecule has 0 saturated carbocycles. The summed E-state index contributed by atoms with van der Waals surface area (Å²) in [4.78, 5) is 0.198. The van der Waals surface area contributed by atoms with Crippen molar-refractivity contribution in [1.82, 2.24) is 4.31 Å². The minimum absolute atomic E-state index is 0.0347. The number of sulfone groups is 1. The quantitative estimate of drug-likeness (QED) is 0.756. The molecule has 0 N–H and O–H groups in total. The van der Waals surface area contributed by atoms with Crippen molar-refractivity contribution in [2.45, 2.75) is 36.3 Å². The monoisotopic (exact) mass is 409 g/mol. The molecule has 0 aliphatic carbocycles. The zero-order valence-electron chi connectivity index (χ0n) is 15.0. The molecule has 0 aromatic heterocycles. The van der Waals surface area contributed by atoms with Crippen LogP contribution in [0.3, 0.4) is 0 Å². The number of sulfonamides is 1. The molecule has 146 valence electrons. The molecule has 0 bridgehead atoms. The fourth-order valence-electron chi connectivity index (χ4n) is 3.90. The maximum absolute atomic E-state index is 13.4. The van der Waals surface area contributed by atoms with Crippen molar-refractivity contribution in [3.63, 3.8) is 0 Å². The molecule has 8 heteroatoms. The molecule has 4 rings (SSSR count). The summed E-state index contributed by atoms with van der Waals surface area (Å²) >= 11 is 0. The molecule has 2 atom stereocenters. The summed E-state index contributed by atoms with van der Waals surface area (Å²) in [6, 6.07) is 12.1. The lowest BCUT2D eigenvalue weighted by Gasteiger charge is -2.29. The van der Waals surface area contributed by atoms with Gasteiger partial charge in [-0.25, -0.2) is 16.8 Å². The lowest BCUT2D eigenvalue weighted by atomic mass is 10.1. The highest BCUT2D eigenvalue weighted by Gasteiger charge is 2.40. The topological polar surface area (TPSA) is 80.8 Å². The van der Waals surface area contributed by atoms with Crippen LogP contribution in [0.15, 0.2) is 47.4 Å². The lowest BCUT2D eigenvalue weighted by Crippen LogP contribution is -2.45. The summed E-state index contributed by atoms with van der Waals surface area (Å²) in [5.41, 5.74) is 0. The van der Waals surface area contributed by atoms with Gasteiger partial charge >= 0.3 is 0 Å². The SMILES string of the molecule is O=S1(=O)CC[C@H](N(C[C@@H]2CCCO2)S(=O)(=O)c2ccc3ccccc3c2)C1. The first-order chi connectivity index (χ1) is 12.9. The summed E-state index contributed by atoms with van der Waals surface area (Å²) in [7, 11) is -7.02. The third-order valence-electron chi connectivity index (χ3n) is 5.35. The molecule has 2 heterocycles. The van der Waals surface area contributed by atoms with Crippen LogP contribution in [-0.4, -0.2) is 57.9 Å². The van der Waals surface area contributed by atoms with Crippen molar-refractivity contribution in [2.75, 3.05) is 24.7 Å². The van der Waals surface area contributed by atoms with Crippen LogP contribution in [0.5, 0.6) is 0 Å². The Morgan fingerprint density at radius 1 is 1.07 bits per heavy atom. The Balaban J connectivity index is 1.71. The van der Waals surface area contributed by atoms with E-state index in [0.717, 1.165) is 23.6 Å². The number of hydrogen-bond acceptors (Lipinski definition) is 5. The summed E-state index contributed by atoms with van der Waals surface area (Å²) < 4.78 is 57.8. The van der Waals surface area contributed by atoms with Crippen LogP contribution < -0.4 is 0 Å². The van der Waals surface area contributed by atoms with Crippen LogP contribution in [0, 0.1) is 0 Å². The molecule has 2 aliphatic rings. The predicted molar refractivity (Wildman–Crippen MR) is 104 cm³/mol. The van der Waals surface area contributed by atoms with Gasteiger partial charge in [-0.1, -0.05) is 30.3 Å². The van der Waals surface area contributed by atoms with Gasteiger partial charge in [-0.2, -0.15) is 4.31 Å². The Kier molecular flexibility index (Phi) is 5.00. The third kappa shape index (κ3) is 3.89. The fourth-order valence-corrected chi connectivity index (χ4v) is 7.44. The Labute approximate surface area is 160 Å². The molecule has 2 fully saturated rings. The maximum atomic E-state index is 13.4. The zero-order valence-corrected chi connectivity index (χ0v) is 16.6. The molecule has 2 aliphatic heterocycles. The van der Waals surface area contributed by atoms with E-state index in [9.17, 15) is 16.8 Å². The molecule has 0 unspecified atom stereocenters. The summed E-state index contributed by atoms with van der Waals surface area (Å²) in [5, 5.41) is 1.81. The largest absolute Gasteiger partial charge is 0.377 e. The van der Waals surface area contributed by atoms with Gasteiger partial charge in [0.25, 0.3) is 0 Å². The normalized spacial score (nSPS) is 25.4. The van der Waals surface area contributed by atoms with E-state index in [-0.39, 0.29) is 29.0 Å². The van der Waals surface area contributed by atoms with E-state index in [1.54, 1.807) is 18.2 Å². The molecular formula is C19H23NO5S2. The van der Waals surface area contributed by atoms with Crippen LogP contribution in [0.25, 0.3) is 10.8 Å². The minimum atomic E-state index is -3.82. The molecule has 27 heavy (non-hydrogen) atoms. The first-order valence-electron chi connectivity index (χ1n) is 9.18. The van der Waals surface area contributed by atoms with Crippen molar-refractivity contribution < 1.29 is 21.6 Å². The fraction of sp³-hybridized carbons (Fsp3) is 0.474. The second-order valence-electron chi connectivity index (χ2n) is 7.28. The van der Waals surface area contributed by atoms with Gasteiger partial charge in [0.05, 0.1) is 22.5 Å². The molecule has 0 spiro atoms. The van der Waals surface area contributed by atoms with Gasteiger partial charge in [0.1, 0.15) is 0 Å². The molecule has 2 aromatic rings. The number of hydrogen-bond donors (Lipinski definition) is 0. The van der Waals surface area contributed by atoms with Crippen molar-refractivity contribution in [3.8, 4) is 0 Å². The van der Waals surface area contributed by atoms with E-state index in [1.165, 1.54) is 4.31 Å². The number of benzene rings is 2. The second-order valence-corrected chi connectivity index (χ2v) is 11.4. The average Bonchev–Trinajstić information content (AvgIpc) is 3.28. The highest BCUT2D eigenvalue weighted by Crippen LogP contribution is 2.29. The van der Waals surface area contributed by atoms with Gasteiger partial charge in [0, 0.05) is 19.2 Å². The number of nitrogens with zero attached hydrogens (tertiary/aromatic N) is 1. The Hall–Kier alpha value is -1.48. The highest BCUT2D eigenvalue weighted by molar-refractivity contribution is 7.92. The summed E-state index contributed by atoms with van der Waals surface area (Å²) in [6.07, 6.45) is 1.85. The molecule has 0 radical (unpaired) electrons. The van der Waals surface area contributed by atoms with Gasteiger partial charge in [-0.15, -0.1) is 0 Å². The predicted octanol–water partition coefficient (Wildman–Crippen LogP) is 2.20. The molecular weight excluding hydrogens is 386 g/mol. The third-order valence-corrected chi connectivity index (χ3v) is 9.02. The minimum Gasteiger partial charge on any atom is -0.377 e. The standard InChI is InChI=1S/C19H23NO5S2/c21-26(22)11-9-17(14-26)20(13-18-6-3-10-25-18)27(23,24)19-8-7-15-4-1-2-5-16(15)12-19/h1-2,4-5,7-8,12,17-18H,3,6,9-11,13-14H2/t17-,18-/m0/s1. The highest BCUT2D eigenvalue weighted by atomic mass is 32.2. The first kappa shape index (κ1) is 18.9. The van der Waals surface area contributed by atoms with E-state index >= 15 is 0 Å². The Morgan fingerprint density at radius 2 is 1.85 bits per heavy atom. The van der Waals surface area contributed by atoms with Crippen LogP contribution in [0.4, 0.5) is 0 Å². The molecule has 2 aromatic carbocycles. The van der Waals surface area contributed by atoms with E-state index in [4.69, 9.17) is 4.74 Å². The van der Waals surface area contributed by atoms with Crippen molar-refractivity contribution in [1.29, 1.82) is 0 Å². The van der Waals surface area contributed by atoms with Crippen LogP contribution in [0.2, 0.25) is 0 Å². The van der Waals surface area contributed by atoms with E-state index in [0.29, 0.717) is 13.0 Å². The second kappa shape index (κ2) is 7.16. The smallest absolute Gasteiger partial charge is 0.243 e. The lowest BCUT2D eigenvalue weighted by molar-refractivity contribution is 0.0877. The van der Waals surface area contributed by atoms with E-state index in [2.05, 4.69) is 0 Å². The molecule has 2 saturated heterocycles. The van der Waals surface area contributed by atoms with Crippen molar-refractivity contribution in [3.05, 3.63) is 42.5 Å². The molecule has 0 amide bonds. The van der Waals surface area contributed by atoms with Gasteiger partial charge in [-0.05, 0) is 42.2 Å². The maximum Gasteiger partial charge on any atom is 0.243 e. The van der Waals surface area contributed by atoms with E-state index < -0.39 is 25.9 Å². The van der Waals surface area contributed by atoms with Crippen LogP contribution in [-0.2, 0) is 24.6 Å². The number of rotatable bonds is 5. The van der Waals surface area contributed by atoms with Crippen LogP contribution >= 0.6 is 0 Å². The summed E-state index contributed by atoms with van der Waals surface area (Å²) in [6.45, 7) is 0.826. The van der Waals surface area contributed by atoms with Gasteiger partial charge in [-0.3, -0.25) is 0 Å². The Morgan fingerprint density at radius 3 is 2.52 bits per heavy atom.